The first kappa shape index (κ1) is 14.3. The molecule has 0 atom stereocenters. The maximum absolute atomic E-state index is 12.2. The second-order valence-corrected chi connectivity index (χ2v) is 6.14. The van der Waals surface area contributed by atoms with Crippen molar-refractivity contribution in [3.63, 3.8) is 0 Å². The Morgan fingerprint density at radius 1 is 1.24 bits per heavy atom. The van der Waals surface area contributed by atoms with Gasteiger partial charge in [0.05, 0.1) is 5.69 Å². The predicted molar refractivity (Wildman–Crippen MR) is 89.5 cm³/mol. The molecule has 0 spiro atoms. The molecule has 3 aromatic rings. The van der Waals surface area contributed by atoms with E-state index in [0.29, 0.717) is 31.8 Å². The summed E-state index contributed by atoms with van der Waals surface area (Å²) in [4.78, 5) is 17.3. The van der Waals surface area contributed by atoms with E-state index in [1.807, 2.05) is 5.38 Å². The van der Waals surface area contributed by atoms with Crippen molar-refractivity contribution in [2.24, 2.45) is 0 Å². The van der Waals surface area contributed by atoms with Crippen LogP contribution in [0.3, 0.4) is 0 Å². The Morgan fingerprint density at radius 2 is 1.95 bits per heavy atom. The van der Waals surface area contributed by atoms with Gasteiger partial charge in [-0.3, -0.25) is 9.20 Å². The molecule has 0 aliphatic rings. The van der Waals surface area contributed by atoms with Gasteiger partial charge in [-0.05, 0) is 31.2 Å². The fraction of sp³-hybridized carbons (Fsp3) is 0.0667. The highest BCUT2D eigenvalue weighted by Crippen LogP contribution is 2.26. The Bertz CT molecular complexity index is 891. The molecule has 2 heterocycles. The van der Waals surface area contributed by atoms with Gasteiger partial charge in [-0.25, -0.2) is 4.98 Å². The van der Waals surface area contributed by atoms with Gasteiger partial charge >= 0.3 is 0 Å². The zero-order chi connectivity index (χ0) is 15.0. The Morgan fingerprint density at radius 3 is 2.67 bits per heavy atom. The minimum absolute atomic E-state index is 0.0637. The van der Waals surface area contributed by atoms with E-state index in [2.05, 4.69) is 4.98 Å². The molecule has 0 N–H and O–H groups in total. The van der Waals surface area contributed by atoms with E-state index in [1.165, 1.54) is 11.3 Å². The normalized spacial score (nSPS) is 11.6. The summed E-state index contributed by atoms with van der Waals surface area (Å²) < 4.78 is 1.54. The maximum Gasteiger partial charge on any atom is 0.262 e. The number of hydrogen-bond acceptors (Lipinski definition) is 3. The fourth-order valence-electron chi connectivity index (χ4n) is 1.98. The Labute approximate surface area is 135 Å². The summed E-state index contributed by atoms with van der Waals surface area (Å²) in [7, 11) is 0. The zero-order valence-electron chi connectivity index (χ0n) is 11.0. The highest BCUT2D eigenvalue weighted by Gasteiger charge is 2.08. The molecule has 21 heavy (non-hydrogen) atoms. The van der Waals surface area contributed by atoms with Crippen LogP contribution in [-0.2, 0) is 0 Å². The third-order valence-electron chi connectivity index (χ3n) is 3.14. The number of aromatic nitrogens is 2. The number of hydrogen-bond donors (Lipinski definition) is 0. The molecule has 0 bridgehead atoms. The Kier molecular flexibility index (Phi) is 3.85. The van der Waals surface area contributed by atoms with Crippen molar-refractivity contribution < 1.29 is 0 Å². The van der Waals surface area contributed by atoms with Crippen LogP contribution in [0.5, 0.6) is 0 Å². The summed E-state index contributed by atoms with van der Waals surface area (Å²) in [5.74, 6) is 0. The molecule has 0 aliphatic carbocycles. The molecule has 0 fully saturated rings. The van der Waals surface area contributed by atoms with Crippen molar-refractivity contribution in [3.8, 4) is 0 Å². The van der Waals surface area contributed by atoms with E-state index >= 15 is 0 Å². The van der Waals surface area contributed by atoms with E-state index in [9.17, 15) is 4.79 Å². The second-order valence-electron chi connectivity index (χ2n) is 4.45. The van der Waals surface area contributed by atoms with Crippen molar-refractivity contribution in [3.05, 3.63) is 67.0 Å². The van der Waals surface area contributed by atoms with E-state index in [4.69, 9.17) is 23.2 Å². The third-order valence-corrected chi connectivity index (χ3v) is 4.55. The summed E-state index contributed by atoms with van der Waals surface area (Å²) in [5, 5.41) is 2.96. The molecule has 0 saturated heterocycles. The van der Waals surface area contributed by atoms with E-state index < -0.39 is 0 Å². The number of thiazole rings is 1. The standard InChI is InChI=1S/C15H10Cl2N2OS/c1-9-13(18-15-19(14(9)20)7-8-21-15)6-5-10-11(16)3-2-4-12(10)17/h2-8H,1H3/b6-5+. The second kappa shape index (κ2) is 5.64. The monoisotopic (exact) mass is 336 g/mol. The van der Waals surface area contributed by atoms with Crippen molar-refractivity contribution in [2.75, 3.05) is 0 Å². The number of rotatable bonds is 2. The van der Waals surface area contributed by atoms with Crippen LogP contribution >= 0.6 is 34.5 Å². The molecule has 2 aromatic heterocycles. The first-order valence-corrected chi connectivity index (χ1v) is 7.80. The minimum atomic E-state index is -0.0637. The lowest BCUT2D eigenvalue weighted by molar-refractivity contribution is 1.03. The van der Waals surface area contributed by atoms with Gasteiger partial charge in [0.1, 0.15) is 0 Å². The SMILES string of the molecule is Cc1c(/C=C/c2c(Cl)cccc2Cl)nc2sccn2c1=O. The molecule has 3 rings (SSSR count). The van der Waals surface area contributed by atoms with Crippen molar-refractivity contribution in [1.29, 1.82) is 0 Å². The molecular weight excluding hydrogens is 327 g/mol. The average Bonchev–Trinajstić information content (AvgIpc) is 2.92. The summed E-state index contributed by atoms with van der Waals surface area (Å²) in [6.07, 6.45) is 5.27. The minimum Gasteiger partial charge on any atom is -0.269 e. The average molecular weight is 337 g/mol. The van der Waals surface area contributed by atoms with Crippen LogP contribution in [0.15, 0.2) is 34.6 Å². The van der Waals surface area contributed by atoms with Crippen LogP contribution in [0, 0.1) is 6.92 Å². The molecule has 0 aliphatic heterocycles. The molecule has 6 heteroatoms. The highest BCUT2D eigenvalue weighted by molar-refractivity contribution is 7.15. The van der Waals surface area contributed by atoms with Crippen LogP contribution in [0.2, 0.25) is 10.0 Å². The largest absolute Gasteiger partial charge is 0.269 e. The van der Waals surface area contributed by atoms with Gasteiger partial charge in [-0.15, -0.1) is 11.3 Å². The van der Waals surface area contributed by atoms with Gasteiger partial charge in [0.2, 0.25) is 0 Å². The van der Waals surface area contributed by atoms with E-state index in [-0.39, 0.29) is 5.56 Å². The Hall–Kier alpha value is -1.62. The highest BCUT2D eigenvalue weighted by atomic mass is 35.5. The molecule has 0 saturated carbocycles. The van der Waals surface area contributed by atoms with E-state index in [0.717, 1.165) is 0 Å². The van der Waals surface area contributed by atoms with Crippen LogP contribution in [0.25, 0.3) is 17.1 Å². The lowest BCUT2D eigenvalue weighted by Crippen LogP contribution is -2.17. The number of nitrogens with zero attached hydrogens (tertiary/aromatic N) is 2. The van der Waals surface area contributed by atoms with Gasteiger partial charge in [0.15, 0.2) is 4.96 Å². The topological polar surface area (TPSA) is 34.4 Å². The van der Waals surface area contributed by atoms with Crippen LogP contribution in [0.4, 0.5) is 0 Å². The van der Waals surface area contributed by atoms with Gasteiger partial charge in [0, 0.05) is 32.7 Å². The number of benzene rings is 1. The zero-order valence-corrected chi connectivity index (χ0v) is 13.3. The van der Waals surface area contributed by atoms with Crippen molar-refractivity contribution in [2.45, 2.75) is 6.92 Å². The van der Waals surface area contributed by atoms with Crippen LogP contribution < -0.4 is 5.56 Å². The van der Waals surface area contributed by atoms with Gasteiger partial charge in [-0.1, -0.05) is 29.3 Å². The van der Waals surface area contributed by atoms with Crippen molar-refractivity contribution in [1.82, 2.24) is 9.38 Å². The quantitative estimate of drug-likeness (QED) is 0.688. The molecule has 0 unspecified atom stereocenters. The molecule has 3 nitrogen and oxygen atoms in total. The predicted octanol–water partition coefficient (Wildman–Crippen LogP) is 4.54. The first-order valence-electron chi connectivity index (χ1n) is 6.16. The molecular formula is C15H10Cl2N2OS. The number of fused-ring (bicyclic) bond motifs is 1. The van der Waals surface area contributed by atoms with Crippen LogP contribution in [0.1, 0.15) is 16.8 Å². The van der Waals surface area contributed by atoms with E-state index in [1.54, 1.807) is 47.9 Å². The summed E-state index contributed by atoms with van der Waals surface area (Å²) in [6.45, 7) is 1.76. The third kappa shape index (κ3) is 2.62. The summed E-state index contributed by atoms with van der Waals surface area (Å²) >= 11 is 13.7. The summed E-state index contributed by atoms with van der Waals surface area (Å²) in [6, 6.07) is 5.32. The van der Waals surface area contributed by atoms with Crippen molar-refractivity contribution >= 4 is 51.7 Å². The summed E-state index contributed by atoms with van der Waals surface area (Å²) in [5.41, 5.74) is 1.86. The lowest BCUT2D eigenvalue weighted by Gasteiger charge is -2.03. The number of halogens is 2. The first-order chi connectivity index (χ1) is 10.1. The molecule has 106 valence electrons. The molecule has 0 amide bonds. The molecule has 1 aromatic carbocycles. The van der Waals surface area contributed by atoms with Crippen LogP contribution in [-0.4, -0.2) is 9.38 Å². The van der Waals surface area contributed by atoms with Gasteiger partial charge in [0.25, 0.3) is 5.56 Å². The van der Waals surface area contributed by atoms with Gasteiger partial charge in [-0.2, -0.15) is 0 Å². The fourth-order valence-corrected chi connectivity index (χ4v) is 3.22. The Balaban J connectivity index is 2.12. The molecule has 0 radical (unpaired) electrons. The smallest absolute Gasteiger partial charge is 0.262 e. The van der Waals surface area contributed by atoms with Gasteiger partial charge < -0.3 is 0 Å². The lowest BCUT2D eigenvalue weighted by atomic mass is 10.1. The maximum atomic E-state index is 12.2.